The van der Waals surface area contributed by atoms with Crippen LogP contribution in [0.5, 0.6) is 10.8 Å². The lowest BCUT2D eigenvalue weighted by atomic mass is 10.1. The van der Waals surface area contributed by atoms with Gasteiger partial charge in [0.1, 0.15) is 5.75 Å². The molecule has 6 heteroatoms. The normalized spacial score (nSPS) is 12.2. The standard InChI is InChI=1S/C14H15NO4S/c1-8-4-5-11(6-9(8)2)19-14-12(15(17)18)7-13(20-14)10(3)16/h4-7,10,16H,1-3H3/t10-/m0/s1. The second kappa shape index (κ2) is 5.60. The van der Waals surface area contributed by atoms with E-state index in [1.165, 1.54) is 6.07 Å². The Balaban J connectivity index is 2.36. The van der Waals surface area contributed by atoms with Gasteiger partial charge in [0.25, 0.3) is 5.06 Å². The van der Waals surface area contributed by atoms with Crippen molar-refractivity contribution in [2.24, 2.45) is 0 Å². The number of hydrogen-bond donors (Lipinski definition) is 1. The number of rotatable bonds is 4. The summed E-state index contributed by atoms with van der Waals surface area (Å²) in [7, 11) is 0. The molecule has 0 fully saturated rings. The Hall–Kier alpha value is -1.92. The first-order valence-electron chi connectivity index (χ1n) is 6.09. The maximum absolute atomic E-state index is 11.0. The Labute approximate surface area is 120 Å². The fourth-order valence-electron chi connectivity index (χ4n) is 1.67. The van der Waals surface area contributed by atoms with Gasteiger partial charge >= 0.3 is 5.69 Å². The quantitative estimate of drug-likeness (QED) is 0.680. The van der Waals surface area contributed by atoms with E-state index in [0.717, 1.165) is 22.5 Å². The van der Waals surface area contributed by atoms with Crippen LogP contribution in [0.3, 0.4) is 0 Å². The Morgan fingerprint density at radius 1 is 1.30 bits per heavy atom. The minimum atomic E-state index is -0.754. The zero-order chi connectivity index (χ0) is 14.9. The lowest BCUT2D eigenvalue weighted by Crippen LogP contribution is -1.90. The first kappa shape index (κ1) is 14.5. The van der Waals surface area contributed by atoms with E-state index in [-0.39, 0.29) is 10.8 Å². The third-order valence-electron chi connectivity index (χ3n) is 3.00. The van der Waals surface area contributed by atoms with Crippen LogP contribution in [0.1, 0.15) is 29.0 Å². The third-order valence-corrected chi connectivity index (χ3v) is 4.17. The zero-order valence-electron chi connectivity index (χ0n) is 11.4. The molecule has 0 bridgehead atoms. The van der Waals surface area contributed by atoms with Crippen molar-refractivity contribution in [1.82, 2.24) is 0 Å². The van der Waals surface area contributed by atoms with Crippen molar-refractivity contribution in [2.75, 3.05) is 0 Å². The molecular formula is C14H15NO4S. The van der Waals surface area contributed by atoms with E-state index >= 15 is 0 Å². The summed E-state index contributed by atoms with van der Waals surface area (Å²) in [6.07, 6.45) is -0.754. The molecule has 0 aliphatic heterocycles. The number of aryl methyl sites for hydroxylation is 2. The van der Waals surface area contributed by atoms with Crippen molar-refractivity contribution in [3.63, 3.8) is 0 Å². The van der Waals surface area contributed by atoms with E-state index in [0.29, 0.717) is 10.6 Å². The van der Waals surface area contributed by atoms with E-state index in [2.05, 4.69) is 0 Å². The topological polar surface area (TPSA) is 72.6 Å². The molecule has 2 aromatic rings. The summed E-state index contributed by atoms with van der Waals surface area (Å²) in [6.45, 7) is 5.50. The van der Waals surface area contributed by atoms with Crippen LogP contribution in [0, 0.1) is 24.0 Å². The Kier molecular flexibility index (Phi) is 4.06. The highest BCUT2D eigenvalue weighted by Crippen LogP contribution is 2.42. The highest BCUT2D eigenvalue weighted by molar-refractivity contribution is 7.14. The molecule has 0 saturated heterocycles. The van der Waals surface area contributed by atoms with Gasteiger partial charge in [-0.2, -0.15) is 0 Å². The van der Waals surface area contributed by atoms with Crippen molar-refractivity contribution in [3.05, 3.63) is 50.4 Å². The number of hydrogen-bond acceptors (Lipinski definition) is 5. The smallest absolute Gasteiger partial charge is 0.323 e. The minimum absolute atomic E-state index is 0.121. The van der Waals surface area contributed by atoms with Gasteiger partial charge in [-0.15, -0.1) is 0 Å². The maximum Gasteiger partial charge on any atom is 0.323 e. The summed E-state index contributed by atoms with van der Waals surface area (Å²) in [6, 6.07) is 6.86. The molecule has 0 aliphatic rings. The molecule has 106 valence electrons. The summed E-state index contributed by atoms with van der Waals surface area (Å²) in [5, 5.41) is 20.7. The minimum Gasteiger partial charge on any atom is -0.440 e. The van der Waals surface area contributed by atoms with E-state index < -0.39 is 11.0 Å². The van der Waals surface area contributed by atoms with Gasteiger partial charge in [-0.25, -0.2) is 0 Å². The van der Waals surface area contributed by atoms with Crippen molar-refractivity contribution in [1.29, 1.82) is 0 Å². The predicted octanol–water partition coefficient (Wildman–Crippen LogP) is 4.12. The second-order valence-corrected chi connectivity index (χ2v) is 5.65. The number of thiophene rings is 1. The maximum atomic E-state index is 11.0. The van der Waals surface area contributed by atoms with E-state index in [1.807, 2.05) is 26.0 Å². The Bertz CT molecular complexity index is 649. The zero-order valence-corrected chi connectivity index (χ0v) is 12.2. The summed E-state index contributed by atoms with van der Waals surface area (Å²) < 4.78 is 5.60. The van der Waals surface area contributed by atoms with Crippen LogP contribution in [0.2, 0.25) is 0 Å². The van der Waals surface area contributed by atoms with Gasteiger partial charge in [-0.1, -0.05) is 17.4 Å². The molecule has 1 heterocycles. The Morgan fingerprint density at radius 2 is 2.00 bits per heavy atom. The van der Waals surface area contributed by atoms with Gasteiger partial charge < -0.3 is 9.84 Å². The van der Waals surface area contributed by atoms with Crippen molar-refractivity contribution >= 4 is 17.0 Å². The number of ether oxygens (including phenoxy) is 1. The first-order valence-corrected chi connectivity index (χ1v) is 6.91. The molecule has 0 aliphatic carbocycles. The first-order chi connectivity index (χ1) is 9.38. The monoisotopic (exact) mass is 293 g/mol. The predicted molar refractivity (Wildman–Crippen MR) is 77.6 cm³/mol. The average Bonchev–Trinajstić information content (AvgIpc) is 2.78. The summed E-state index contributed by atoms with van der Waals surface area (Å²) >= 11 is 1.09. The SMILES string of the molecule is Cc1ccc(Oc2sc([C@H](C)O)cc2[N+](=O)[O-])cc1C. The fourth-order valence-corrected chi connectivity index (χ4v) is 2.60. The van der Waals surface area contributed by atoms with Gasteiger partial charge in [0.05, 0.1) is 11.0 Å². The fraction of sp³-hybridized carbons (Fsp3) is 0.286. The number of nitro groups is 1. The van der Waals surface area contributed by atoms with Crippen LogP contribution >= 0.6 is 11.3 Å². The summed E-state index contributed by atoms with van der Waals surface area (Å²) in [5.41, 5.74) is 2.06. The number of nitrogens with zero attached hydrogens (tertiary/aromatic N) is 1. The Morgan fingerprint density at radius 3 is 2.55 bits per heavy atom. The van der Waals surface area contributed by atoms with Crippen molar-refractivity contribution < 1.29 is 14.8 Å². The number of benzene rings is 1. The van der Waals surface area contributed by atoms with Gasteiger partial charge in [-0.3, -0.25) is 10.1 Å². The molecule has 0 saturated carbocycles. The van der Waals surface area contributed by atoms with Crippen molar-refractivity contribution in [2.45, 2.75) is 26.9 Å². The molecule has 2 rings (SSSR count). The highest BCUT2D eigenvalue weighted by Gasteiger charge is 2.23. The van der Waals surface area contributed by atoms with Crippen LogP contribution in [-0.4, -0.2) is 10.0 Å². The lowest BCUT2D eigenvalue weighted by molar-refractivity contribution is -0.385. The molecule has 0 unspecified atom stereocenters. The van der Waals surface area contributed by atoms with E-state index in [4.69, 9.17) is 4.74 Å². The molecule has 1 aromatic carbocycles. The van der Waals surface area contributed by atoms with Crippen LogP contribution in [0.4, 0.5) is 5.69 Å². The molecule has 1 atom stereocenters. The van der Waals surface area contributed by atoms with Gasteiger partial charge in [-0.05, 0) is 44.0 Å². The van der Waals surface area contributed by atoms with E-state index in [1.54, 1.807) is 13.0 Å². The van der Waals surface area contributed by atoms with Crippen molar-refractivity contribution in [3.8, 4) is 10.8 Å². The lowest BCUT2D eigenvalue weighted by Gasteiger charge is -2.05. The molecular weight excluding hydrogens is 278 g/mol. The van der Waals surface area contributed by atoms with Crippen LogP contribution in [0.15, 0.2) is 24.3 Å². The second-order valence-electron chi connectivity index (χ2n) is 4.60. The summed E-state index contributed by atoms with van der Waals surface area (Å²) in [5.74, 6) is 0.551. The van der Waals surface area contributed by atoms with Gasteiger partial charge in [0.2, 0.25) is 0 Å². The molecule has 0 spiro atoms. The largest absolute Gasteiger partial charge is 0.440 e. The molecule has 0 amide bonds. The average molecular weight is 293 g/mol. The molecule has 1 aromatic heterocycles. The van der Waals surface area contributed by atoms with Crippen LogP contribution in [-0.2, 0) is 0 Å². The molecule has 5 nitrogen and oxygen atoms in total. The van der Waals surface area contributed by atoms with E-state index in [9.17, 15) is 15.2 Å². The highest BCUT2D eigenvalue weighted by atomic mass is 32.1. The van der Waals surface area contributed by atoms with Crippen LogP contribution in [0.25, 0.3) is 0 Å². The molecule has 20 heavy (non-hydrogen) atoms. The number of aliphatic hydroxyl groups is 1. The van der Waals surface area contributed by atoms with Crippen LogP contribution < -0.4 is 4.74 Å². The molecule has 1 N–H and O–H groups in total. The summed E-state index contributed by atoms with van der Waals surface area (Å²) in [4.78, 5) is 11.0. The number of aliphatic hydroxyl groups excluding tert-OH is 1. The van der Waals surface area contributed by atoms with Gasteiger partial charge in [0.15, 0.2) is 0 Å². The van der Waals surface area contributed by atoms with Gasteiger partial charge in [0, 0.05) is 10.9 Å². The molecule has 0 radical (unpaired) electrons. The third kappa shape index (κ3) is 2.97.